The van der Waals surface area contributed by atoms with E-state index in [1.54, 1.807) is 0 Å². The maximum atomic E-state index is 9.71. The molecule has 0 saturated carbocycles. The van der Waals surface area contributed by atoms with Crippen LogP contribution in [0.15, 0.2) is 28.7 Å². The van der Waals surface area contributed by atoms with E-state index in [2.05, 4.69) is 46.0 Å². The van der Waals surface area contributed by atoms with Crippen LogP contribution in [0.5, 0.6) is 0 Å². The molecule has 0 spiro atoms. The monoisotopic (exact) mass is 366 g/mol. The standard InChI is InChI=1S/C13H20NO.2ClH.Zr/c1-6-9(2)10-7-11(12(15)8-10)14-13(3,4)5;;;/h7,14-15H,6H2,1-5H3;2*1H;/q-1;;;+3/p-2. The quantitative estimate of drug-likeness (QED) is 0.518. The Kier molecular flexibility index (Phi) is 12.0. The predicted octanol–water partition coefficient (Wildman–Crippen LogP) is -2.75. The average molecular weight is 368 g/mol. The van der Waals surface area contributed by atoms with E-state index in [1.807, 2.05) is 6.08 Å². The van der Waals surface area contributed by atoms with Crippen molar-refractivity contribution in [2.75, 3.05) is 0 Å². The van der Waals surface area contributed by atoms with Crippen molar-refractivity contribution in [2.24, 2.45) is 0 Å². The van der Waals surface area contributed by atoms with E-state index in [1.165, 1.54) is 5.57 Å². The molecular formula is C13H20Cl2NOZr. The zero-order valence-electron chi connectivity index (χ0n) is 11.5. The van der Waals surface area contributed by atoms with Crippen LogP contribution in [0.3, 0.4) is 0 Å². The van der Waals surface area contributed by atoms with E-state index in [4.69, 9.17) is 0 Å². The van der Waals surface area contributed by atoms with Crippen molar-refractivity contribution >= 4 is 0 Å². The molecule has 0 heterocycles. The molecule has 0 amide bonds. The number of hydrogen-bond donors (Lipinski definition) is 2. The van der Waals surface area contributed by atoms with Crippen LogP contribution in [0.25, 0.3) is 0 Å². The van der Waals surface area contributed by atoms with Crippen molar-refractivity contribution in [3.05, 3.63) is 34.8 Å². The first kappa shape index (κ1) is 23.4. The Morgan fingerprint density at radius 2 is 1.83 bits per heavy atom. The molecule has 1 aliphatic rings. The van der Waals surface area contributed by atoms with Gasteiger partial charge in [0.15, 0.2) is 0 Å². The minimum absolute atomic E-state index is 0. The van der Waals surface area contributed by atoms with Crippen molar-refractivity contribution < 1.29 is 56.1 Å². The molecule has 5 heteroatoms. The van der Waals surface area contributed by atoms with E-state index in [9.17, 15) is 5.11 Å². The summed E-state index contributed by atoms with van der Waals surface area (Å²) in [7, 11) is 0. The fraction of sp³-hybridized carbons (Fsp3) is 0.538. The number of rotatable bonds is 2. The van der Waals surface area contributed by atoms with E-state index in [0.29, 0.717) is 0 Å². The first-order chi connectivity index (χ1) is 6.83. The van der Waals surface area contributed by atoms with Crippen molar-refractivity contribution in [2.45, 2.75) is 46.6 Å². The smallest absolute Gasteiger partial charge is 1.00 e. The van der Waals surface area contributed by atoms with Crippen LogP contribution < -0.4 is 30.1 Å². The Balaban J connectivity index is -0.000000750. The van der Waals surface area contributed by atoms with Crippen molar-refractivity contribution in [3.8, 4) is 0 Å². The van der Waals surface area contributed by atoms with Crippen LogP contribution in [0.4, 0.5) is 0 Å². The topological polar surface area (TPSA) is 32.3 Å². The Morgan fingerprint density at radius 1 is 1.33 bits per heavy atom. The molecule has 1 rings (SSSR count). The number of halogens is 2. The number of allylic oxidation sites excluding steroid dienone is 4. The molecule has 0 unspecified atom stereocenters. The second-order valence-electron chi connectivity index (χ2n) is 4.95. The van der Waals surface area contributed by atoms with Gasteiger partial charge >= 0.3 is 26.2 Å². The van der Waals surface area contributed by atoms with Gasteiger partial charge in [0.25, 0.3) is 0 Å². The van der Waals surface area contributed by atoms with Crippen molar-refractivity contribution in [1.82, 2.24) is 5.32 Å². The zero-order valence-corrected chi connectivity index (χ0v) is 15.5. The minimum Gasteiger partial charge on any atom is -1.00 e. The molecule has 0 bridgehead atoms. The van der Waals surface area contributed by atoms with E-state index in [0.717, 1.165) is 17.7 Å². The van der Waals surface area contributed by atoms with Crippen molar-refractivity contribution in [1.29, 1.82) is 0 Å². The Hall–Kier alpha value is 0.283. The first-order valence-corrected chi connectivity index (χ1v) is 5.36. The number of aliphatic hydroxyl groups excluding tert-OH is 1. The van der Waals surface area contributed by atoms with Gasteiger partial charge < -0.3 is 35.2 Å². The number of hydrogen-bond acceptors (Lipinski definition) is 2. The summed E-state index contributed by atoms with van der Waals surface area (Å²) in [6, 6.07) is 0. The van der Waals surface area contributed by atoms with Crippen LogP contribution in [-0.2, 0) is 26.2 Å². The van der Waals surface area contributed by atoms with Gasteiger partial charge in [0, 0.05) is 11.3 Å². The molecule has 0 aromatic carbocycles. The van der Waals surface area contributed by atoms with Gasteiger partial charge in [0.05, 0.1) is 0 Å². The van der Waals surface area contributed by atoms with Gasteiger partial charge in [0.2, 0.25) is 0 Å². The van der Waals surface area contributed by atoms with Gasteiger partial charge in [-0.25, -0.2) is 0 Å². The Labute approximate surface area is 142 Å². The van der Waals surface area contributed by atoms with E-state index >= 15 is 0 Å². The van der Waals surface area contributed by atoms with Gasteiger partial charge in [-0.05, 0) is 26.5 Å². The van der Waals surface area contributed by atoms with Gasteiger partial charge in [0.1, 0.15) is 0 Å². The maximum absolute atomic E-state index is 9.71. The summed E-state index contributed by atoms with van der Waals surface area (Å²) in [6.45, 7) is 10.4. The summed E-state index contributed by atoms with van der Waals surface area (Å²) in [5.41, 5.74) is 2.97. The Morgan fingerprint density at radius 3 is 2.22 bits per heavy atom. The molecule has 1 radical (unpaired) electrons. The van der Waals surface area contributed by atoms with Crippen LogP contribution in [-0.4, -0.2) is 10.6 Å². The van der Waals surface area contributed by atoms with Gasteiger partial charge in [-0.15, -0.1) is 5.57 Å². The summed E-state index contributed by atoms with van der Waals surface area (Å²) in [4.78, 5) is 0. The molecule has 0 saturated heterocycles. The second-order valence-corrected chi connectivity index (χ2v) is 4.95. The second kappa shape index (κ2) is 9.23. The average Bonchev–Trinajstić information content (AvgIpc) is 2.44. The summed E-state index contributed by atoms with van der Waals surface area (Å²) in [6.07, 6.45) is 5.91. The molecule has 0 fully saturated rings. The third-order valence-electron chi connectivity index (χ3n) is 2.30. The van der Waals surface area contributed by atoms with Crippen LogP contribution >= 0.6 is 0 Å². The van der Waals surface area contributed by atoms with Crippen LogP contribution in [0.2, 0.25) is 0 Å². The molecular weight excluding hydrogens is 348 g/mol. The molecule has 2 N–H and O–H groups in total. The van der Waals surface area contributed by atoms with Crippen molar-refractivity contribution in [3.63, 3.8) is 0 Å². The Bertz CT molecular complexity index is 354. The molecule has 101 valence electrons. The molecule has 18 heavy (non-hydrogen) atoms. The van der Waals surface area contributed by atoms with Crippen LogP contribution in [0.1, 0.15) is 41.0 Å². The molecule has 0 aliphatic heterocycles. The zero-order chi connectivity index (χ0) is 11.6. The fourth-order valence-electron chi connectivity index (χ4n) is 1.36. The number of nitrogens with one attached hydrogen (secondary N) is 1. The summed E-state index contributed by atoms with van der Waals surface area (Å²) in [5, 5.41) is 13.0. The molecule has 1 aliphatic carbocycles. The third-order valence-corrected chi connectivity index (χ3v) is 2.30. The van der Waals surface area contributed by atoms with Crippen LogP contribution in [0, 0.1) is 6.08 Å². The fourth-order valence-corrected chi connectivity index (χ4v) is 1.36. The SMILES string of the molecule is CCC(C)=C1[C-]=C(O)C(NC(C)(C)C)=C1.[Cl-].[Cl-].[Zr+3]. The van der Waals surface area contributed by atoms with Gasteiger partial charge in [-0.1, -0.05) is 26.3 Å². The van der Waals surface area contributed by atoms with E-state index in [-0.39, 0.29) is 62.3 Å². The predicted molar refractivity (Wildman–Crippen MR) is 63.3 cm³/mol. The molecule has 0 aromatic heterocycles. The minimum atomic E-state index is -0.0446. The largest absolute Gasteiger partial charge is 3.00 e. The third kappa shape index (κ3) is 7.02. The first-order valence-electron chi connectivity index (χ1n) is 5.36. The van der Waals surface area contributed by atoms with Gasteiger partial charge in [-0.2, -0.15) is 11.6 Å². The van der Waals surface area contributed by atoms with Gasteiger partial charge in [-0.3, -0.25) is 0 Å². The molecule has 0 atom stereocenters. The summed E-state index contributed by atoms with van der Waals surface area (Å²) >= 11 is 0. The molecule has 2 nitrogen and oxygen atoms in total. The number of aliphatic hydroxyl groups is 1. The molecule has 0 aromatic rings. The summed E-state index contributed by atoms with van der Waals surface area (Å²) in [5.74, 6) is 0.215. The summed E-state index contributed by atoms with van der Waals surface area (Å²) < 4.78 is 0. The van der Waals surface area contributed by atoms with E-state index < -0.39 is 0 Å². The normalized spacial score (nSPS) is 16.5. The maximum Gasteiger partial charge on any atom is 3.00 e.